The Morgan fingerprint density at radius 2 is 2.22 bits per heavy atom. The van der Waals surface area contributed by atoms with Gasteiger partial charge in [-0.25, -0.2) is 0 Å². The van der Waals surface area contributed by atoms with Crippen LogP contribution in [-0.2, 0) is 11.3 Å². The van der Waals surface area contributed by atoms with Crippen LogP contribution in [0.4, 0.5) is 5.69 Å². The fourth-order valence-corrected chi connectivity index (χ4v) is 2.95. The van der Waals surface area contributed by atoms with Crippen LogP contribution >= 0.6 is 0 Å². The van der Waals surface area contributed by atoms with Gasteiger partial charge in [-0.05, 0) is 42.4 Å². The van der Waals surface area contributed by atoms with Crippen molar-refractivity contribution >= 4 is 5.69 Å². The molecule has 0 bridgehead atoms. The van der Waals surface area contributed by atoms with Gasteiger partial charge in [-0.2, -0.15) is 0 Å². The van der Waals surface area contributed by atoms with E-state index < -0.39 is 0 Å². The average molecular weight is 247 g/mol. The quantitative estimate of drug-likeness (QED) is 0.846. The van der Waals surface area contributed by atoms with Crippen molar-refractivity contribution in [2.24, 2.45) is 11.8 Å². The normalized spacial score (nSPS) is 23.9. The van der Waals surface area contributed by atoms with E-state index in [-0.39, 0.29) is 0 Å². The van der Waals surface area contributed by atoms with Crippen LogP contribution in [0.3, 0.4) is 0 Å². The highest BCUT2D eigenvalue weighted by atomic mass is 16.5. The molecule has 2 heteroatoms. The summed E-state index contributed by atoms with van der Waals surface area (Å²) in [7, 11) is 1.74. The van der Waals surface area contributed by atoms with Gasteiger partial charge in [0, 0.05) is 19.3 Å². The predicted octanol–water partition coefficient (Wildman–Crippen LogP) is 4.07. The van der Waals surface area contributed by atoms with E-state index in [2.05, 4.69) is 36.5 Å². The minimum atomic E-state index is 0.690. The largest absolute Gasteiger partial charge is 0.385 e. The van der Waals surface area contributed by atoms with Gasteiger partial charge < -0.3 is 10.1 Å². The Hall–Kier alpha value is -1.02. The average Bonchev–Trinajstić information content (AvgIpc) is 2.37. The Labute approximate surface area is 111 Å². The Morgan fingerprint density at radius 3 is 3.00 bits per heavy atom. The van der Waals surface area contributed by atoms with Crippen LogP contribution in [0.1, 0.15) is 38.2 Å². The lowest BCUT2D eigenvalue weighted by Crippen LogP contribution is -2.21. The number of hydrogen-bond acceptors (Lipinski definition) is 2. The molecule has 1 aliphatic carbocycles. The third-order valence-electron chi connectivity index (χ3n) is 3.88. The number of anilines is 1. The van der Waals surface area contributed by atoms with Gasteiger partial charge in [0.1, 0.15) is 0 Å². The first-order chi connectivity index (χ1) is 8.78. The van der Waals surface area contributed by atoms with E-state index >= 15 is 0 Å². The van der Waals surface area contributed by atoms with Crippen LogP contribution in [0.2, 0.25) is 0 Å². The van der Waals surface area contributed by atoms with Crippen LogP contribution in [0.5, 0.6) is 0 Å². The zero-order valence-electron chi connectivity index (χ0n) is 11.6. The minimum absolute atomic E-state index is 0.690. The molecule has 0 saturated heterocycles. The van der Waals surface area contributed by atoms with E-state index in [9.17, 15) is 0 Å². The lowest BCUT2D eigenvalue weighted by atomic mass is 9.82. The summed E-state index contributed by atoms with van der Waals surface area (Å²) >= 11 is 0. The fourth-order valence-electron chi connectivity index (χ4n) is 2.95. The molecule has 18 heavy (non-hydrogen) atoms. The number of methoxy groups -OCH3 is 1. The topological polar surface area (TPSA) is 21.3 Å². The molecule has 1 saturated carbocycles. The number of rotatable bonds is 5. The zero-order valence-corrected chi connectivity index (χ0v) is 11.6. The van der Waals surface area contributed by atoms with Crippen LogP contribution in [0.15, 0.2) is 24.3 Å². The lowest BCUT2D eigenvalue weighted by molar-refractivity contribution is 0.185. The molecule has 1 fully saturated rings. The minimum Gasteiger partial charge on any atom is -0.385 e. The maximum atomic E-state index is 5.16. The van der Waals surface area contributed by atoms with Gasteiger partial charge in [-0.1, -0.05) is 31.9 Å². The Bertz CT molecular complexity index is 364. The van der Waals surface area contributed by atoms with Gasteiger partial charge in [0.25, 0.3) is 0 Å². The van der Waals surface area contributed by atoms with Gasteiger partial charge in [0.05, 0.1) is 6.61 Å². The summed E-state index contributed by atoms with van der Waals surface area (Å²) in [5.41, 5.74) is 2.46. The SMILES string of the molecule is COCc1cccc(NCC2CCCC(C)C2)c1. The molecule has 2 unspecified atom stereocenters. The third kappa shape index (κ3) is 4.02. The van der Waals surface area contributed by atoms with E-state index in [4.69, 9.17) is 4.74 Å². The smallest absolute Gasteiger partial charge is 0.0713 e. The Balaban J connectivity index is 1.83. The second-order valence-corrected chi connectivity index (χ2v) is 5.65. The first-order valence-electron chi connectivity index (χ1n) is 7.09. The summed E-state index contributed by atoms with van der Waals surface area (Å²) in [6.45, 7) is 4.18. The molecule has 0 radical (unpaired) electrons. The first kappa shape index (κ1) is 13.4. The van der Waals surface area contributed by atoms with Crippen molar-refractivity contribution in [1.29, 1.82) is 0 Å². The summed E-state index contributed by atoms with van der Waals surface area (Å²) in [5, 5.41) is 3.58. The highest BCUT2D eigenvalue weighted by molar-refractivity contribution is 5.45. The third-order valence-corrected chi connectivity index (χ3v) is 3.88. The molecule has 0 heterocycles. The number of ether oxygens (including phenoxy) is 1. The molecule has 2 rings (SSSR count). The van der Waals surface area contributed by atoms with Crippen molar-refractivity contribution in [3.05, 3.63) is 29.8 Å². The van der Waals surface area contributed by atoms with Crippen molar-refractivity contribution < 1.29 is 4.74 Å². The molecule has 0 aromatic heterocycles. The van der Waals surface area contributed by atoms with Crippen molar-refractivity contribution in [3.63, 3.8) is 0 Å². The highest BCUT2D eigenvalue weighted by Gasteiger charge is 2.18. The highest BCUT2D eigenvalue weighted by Crippen LogP contribution is 2.28. The second-order valence-electron chi connectivity index (χ2n) is 5.65. The summed E-state index contributed by atoms with van der Waals surface area (Å²) in [4.78, 5) is 0. The van der Waals surface area contributed by atoms with E-state index in [0.717, 1.165) is 18.4 Å². The van der Waals surface area contributed by atoms with Gasteiger partial charge in [0.2, 0.25) is 0 Å². The van der Waals surface area contributed by atoms with E-state index in [1.165, 1.54) is 36.9 Å². The molecular formula is C16H25NO. The second kappa shape index (κ2) is 6.79. The van der Waals surface area contributed by atoms with Crippen molar-refractivity contribution in [2.45, 2.75) is 39.2 Å². The van der Waals surface area contributed by atoms with Gasteiger partial charge in [-0.15, -0.1) is 0 Å². The summed E-state index contributed by atoms with van der Waals surface area (Å²) in [5.74, 6) is 1.75. The maximum Gasteiger partial charge on any atom is 0.0713 e. The van der Waals surface area contributed by atoms with Crippen LogP contribution in [0.25, 0.3) is 0 Å². The molecule has 2 nitrogen and oxygen atoms in total. The standard InChI is InChI=1S/C16H25NO/c1-13-5-3-6-14(9-13)11-17-16-8-4-7-15(10-16)12-18-2/h4,7-8,10,13-14,17H,3,5-6,9,11-12H2,1-2H3. The molecule has 100 valence electrons. The van der Waals surface area contributed by atoms with E-state index in [1.807, 2.05) is 0 Å². The van der Waals surface area contributed by atoms with Crippen LogP contribution < -0.4 is 5.32 Å². The molecular weight excluding hydrogens is 222 g/mol. The fraction of sp³-hybridized carbons (Fsp3) is 0.625. The molecule has 1 aromatic rings. The van der Waals surface area contributed by atoms with Gasteiger partial charge >= 0.3 is 0 Å². The summed E-state index contributed by atoms with van der Waals surface area (Å²) in [6.07, 6.45) is 5.58. The van der Waals surface area contributed by atoms with E-state index in [0.29, 0.717) is 6.61 Å². The van der Waals surface area contributed by atoms with Crippen LogP contribution in [-0.4, -0.2) is 13.7 Å². The number of benzene rings is 1. The predicted molar refractivity (Wildman–Crippen MR) is 76.8 cm³/mol. The van der Waals surface area contributed by atoms with E-state index in [1.54, 1.807) is 7.11 Å². The summed E-state index contributed by atoms with van der Waals surface area (Å²) < 4.78 is 5.16. The Kier molecular flexibility index (Phi) is 5.06. The first-order valence-corrected chi connectivity index (χ1v) is 7.09. The van der Waals surface area contributed by atoms with Crippen molar-refractivity contribution in [1.82, 2.24) is 0 Å². The van der Waals surface area contributed by atoms with Crippen molar-refractivity contribution in [2.75, 3.05) is 19.0 Å². The molecule has 0 aliphatic heterocycles. The Morgan fingerprint density at radius 1 is 1.33 bits per heavy atom. The number of hydrogen-bond donors (Lipinski definition) is 1. The van der Waals surface area contributed by atoms with Crippen molar-refractivity contribution in [3.8, 4) is 0 Å². The molecule has 0 spiro atoms. The molecule has 0 amide bonds. The maximum absolute atomic E-state index is 5.16. The van der Waals surface area contributed by atoms with Crippen LogP contribution in [0, 0.1) is 11.8 Å². The summed E-state index contributed by atoms with van der Waals surface area (Å²) in [6, 6.07) is 8.54. The monoisotopic (exact) mass is 247 g/mol. The zero-order chi connectivity index (χ0) is 12.8. The van der Waals surface area contributed by atoms with Gasteiger partial charge in [0.15, 0.2) is 0 Å². The molecule has 1 aliphatic rings. The number of nitrogens with one attached hydrogen (secondary N) is 1. The van der Waals surface area contributed by atoms with Gasteiger partial charge in [-0.3, -0.25) is 0 Å². The lowest BCUT2D eigenvalue weighted by Gasteiger charge is -2.27. The molecule has 2 atom stereocenters. The molecule has 1 aromatic carbocycles. The molecule has 1 N–H and O–H groups in total.